The van der Waals surface area contributed by atoms with Crippen LogP contribution >= 0.6 is 0 Å². The molecular formula is C31H54O4. The minimum atomic E-state index is -0.347. The predicted octanol–water partition coefficient (Wildman–Crippen LogP) is 8.59. The minimum Gasteiger partial charge on any atom is -0.466 e. The van der Waals surface area contributed by atoms with Gasteiger partial charge >= 0.3 is 11.9 Å². The van der Waals surface area contributed by atoms with Gasteiger partial charge in [0.25, 0.3) is 0 Å². The first-order chi connectivity index (χ1) is 16.8. The summed E-state index contributed by atoms with van der Waals surface area (Å²) < 4.78 is 9.31. The molecule has 4 heteroatoms. The number of carbonyl (C=O) groups excluding carboxylic acids is 2. The molecule has 3 aliphatic carbocycles. The monoisotopic (exact) mass is 490 g/mol. The molecule has 0 heterocycles. The lowest BCUT2D eigenvalue weighted by Crippen LogP contribution is -2.15. The summed E-state index contributed by atoms with van der Waals surface area (Å²) in [5.74, 6) is 4.19. The molecule has 2 bridgehead atoms. The van der Waals surface area contributed by atoms with Gasteiger partial charge < -0.3 is 9.47 Å². The maximum atomic E-state index is 11.1. The van der Waals surface area contributed by atoms with Gasteiger partial charge in [0, 0.05) is 11.1 Å². The molecule has 3 saturated carbocycles. The Balaban J connectivity index is 0.000000296. The first-order valence-electron chi connectivity index (χ1n) is 14.4. The number of fused-ring (bicyclic) bond motifs is 5. The third-order valence-corrected chi connectivity index (χ3v) is 7.96. The van der Waals surface area contributed by atoms with Crippen molar-refractivity contribution in [1.82, 2.24) is 0 Å². The van der Waals surface area contributed by atoms with Crippen LogP contribution < -0.4 is 0 Å². The zero-order chi connectivity index (χ0) is 26.1. The highest BCUT2D eigenvalue weighted by Crippen LogP contribution is 2.58. The van der Waals surface area contributed by atoms with Gasteiger partial charge in [0.1, 0.15) is 0 Å². The molecule has 0 aromatic carbocycles. The SMILES string of the molecule is C1CC2C3CCC(C3)C2C1.C=C(C)C(=O)OC.C=C(C)C(=O)OCCCCCCCCCCCC. The Kier molecular flexibility index (Phi) is 16.8. The number of hydrogen-bond donors (Lipinski definition) is 0. The fraction of sp³-hybridized carbons (Fsp3) is 0.806. The van der Waals surface area contributed by atoms with Crippen LogP contribution in [0.1, 0.15) is 124 Å². The van der Waals surface area contributed by atoms with E-state index in [0.29, 0.717) is 17.8 Å². The number of carbonyl (C=O) groups is 2. The maximum Gasteiger partial charge on any atom is 0.333 e. The topological polar surface area (TPSA) is 52.6 Å². The molecule has 4 unspecified atom stereocenters. The normalized spacial score (nSPS) is 23.3. The molecule has 0 aromatic rings. The smallest absolute Gasteiger partial charge is 0.333 e. The standard InChI is InChI=1S/C16H30O2.C10H16.C5H8O2/c1-4-5-6-7-8-9-10-11-12-13-14-18-16(17)15(2)3;1-2-9-7-4-5-8(6-7)10(9)3-1;1-4(2)5(6)7-3/h2,4-14H2,1,3H3;7-10H,1-6H2;1H2,2-3H3. The van der Waals surface area contributed by atoms with Crippen molar-refractivity contribution in [3.63, 3.8) is 0 Å². The van der Waals surface area contributed by atoms with Crippen LogP contribution in [0, 0.1) is 23.7 Å². The summed E-state index contributed by atoms with van der Waals surface area (Å²) in [6.45, 7) is 13.0. The molecule has 0 aliphatic heterocycles. The van der Waals surface area contributed by atoms with E-state index in [2.05, 4.69) is 24.8 Å². The van der Waals surface area contributed by atoms with Crippen molar-refractivity contribution < 1.29 is 19.1 Å². The second-order valence-electron chi connectivity index (χ2n) is 11.0. The Morgan fingerprint density at radius 3 is 1.57 bits per heavy atom. The van der Waals surface area contributed by atoms with E-state index in [1.54, 1.807) is 52.4 Å². The fourth-order valence-electron chi connectivity index (χ4n) is 6.07. The van der Waals surface area contributed by atoms with E-state index in [0.717, 1.165) is 6.42 Å². The summed E-state index contributed by atoms with van der Waals surface area (Å²) >= 11 is 0. The summed E-state index contributed by atoms with van der Waals surface area (Å²) in [6.07, 6.45) is 22.5. The molecule has 0 aromatic heterocycles. The van der Waals surface area contributed by atoms with Crippen molar-refractivity contribution in [2.45, 2.75) is 124 Å². The fourth-order valence-corrected chi connectivity index (χ4v) is 6.07. The summed E-state index contributed by atoms with van der Waals surface area (Å²) in [7, 11) is 1.33. The largest absolute Gasteiger partial charge is 0.466 e. The molecule has 0 spiro atoms. The molecule has 202 valence electrons. The summed E-state index contributed by atoms with van der Waals surface area (Å²) in [6, 6.07) is 0. The van der Waals surface area contributed by atoms with Gasteiger partial charge in [0.05, 0.1) is 13.7 Å². The van der Waals surface area contributed by atoms with Crippen LogP contribution in [0.4, 0.5) is 0 Å². The van der Waals surface area contributed by atoms with E-state index in [1.807, 2.05) is 0 Å². The van der Waals surface area contributed by atoms with Gasteiger partial charge in [0.15, 0.2) is 0 Å². The van der Waals surface area contributed by atoms with Crippen LogP contribution in [-0.4, -0.2) is 25.7 Å². The van der Waals surface area contributed by atoms with Crippen molar-refractivity contribution in [3.8, 4) is 0 Å². The van der Waals surface area contributed by atoms with Crippen LogP contribution in [0.25, 0.3) is 0 Å². The highest BCUT2D eigenvalue weighted by atomic mass is 16.5. The van der Waals surface area contributed by atoms with E-state index in [1.165, 1.54) is 88.6 Å². The average molecular weight is 491 g/mol. The molecule has 3 aliphatic rings. The number of hydrogen-bond acceptors (Lipinski definition) is 4. The zero-order valence-corrected chi connectivity index (χ0v) is 23.4. The van der Waals surface area contributed by atoms with Crippen LogP contribution in [0.3, 0.4) is 0 Å². The van der Waals surface area contributed by atoms with Crippen molar-refractivity contribution in [2.75, 3.05) is 13.7 Å². The summed E-state index contributed by atoms with van der Waals surface area (Å²) in [4.78, 5) is 21.3. The zero-order valence-electron chi connectivity index (χ0n) is 23.4. The van der Waals surface area contributed by atoms with E-state index in [4.69, 9.17) is 4.74 Å². The lowest BCUT2D eigenvalue weighted by Gasteiger charge is -2.23. The molecule has 0 N–H and O–H groups in total. The molecule has 0 amide bonds. The first kappa shape index (κ1) is 31.4. The highest BCUT2D eigenvalue weighted by Gasteiger charge is 2.48. The number of unbranched alkanes of at least 4 members (excludes halogenated alkanes) is 9. The second kappa shape index (κ2) is 18.7. The van der Waals surface area contributed by atoms with Gasteiger partial charge in [-0.2, -0.15) is 0 Å². The molecule has 35 heavy (non-hydrogen) atoms. The molecule has 3 fully saturated rings. The van der Waals surface area contributed by atoms with Gasteiger partial charge in [0.2, 0.25) is 0 Å². The number of ether oxygens (including phenoxy) is 2. The van der Waals surface area contributed by atoms with Crippen molar-refractivity contribution in [3.05, 3.63) is 24.3 Å². The summed E-state index contributed by atoms with van der Waals surface area (Å²) in [5.41, 5.74) is 0.921. The second-order valence-corrected chi connectivity index (χ2v) is 11.0. The maximum absolute atomic E-state index is 11.1. The number of esters is 2. The molecular weight excluding hydrogens is 436 g/mol. The molecule has 3 rings (SSSR count). The molecule has 4 atom stereocenters. The van der Waals surface area contributed by atoms with Crippen LogP contribution in [0.15, 0.2) is 24.3 Å². The van der Waals surface area contributed by atoms with Crippen LogP contribution in [-0.2, 0) is 19.1 Å². The molecule has 0 saturated heterocycles. The lowest BCUT2D eigenvalue weighted by molar-refractivity contribution is -0.139. The highest BCUT2D eigenvalue weighted by molar-refractivity contribution is 5.87. The quantitative estimate of drug-likeness (QED) is 0.147. The molecule has 0 radical (unpaired) electrons. The third-order valence-electron chi connectivity index (χ3n) is 7.96. The van der Waals surface area contributed by atoms with E-state index < -0.39 is 0 Å². The number of methoxy groups -OCH3 is 1. The minimum absolute atomic E-state index is 0.258. The van der Waals surface area contributed by atoms with Gasteiger partial charge in [-0.25, -0.2) is 9.59 Å². The summed E-state index contributed by atoms with van der Waals surface area (Å²) in [5, 5.41) is 0. The van der Waals surface area contributed by atoms with Gasteiger partial charge in [-0.3, -0.25) is 0 Å². The Hall–Kier alpha value is -1.58. The van der Waals surface area contributed by atoms with Crippen molar-refractivity contribution in [2.24, 2.45) is 23.7 Å². The van der Waals surface area contributed by atoms with Gasteiger partial charge in [-0.05, 0) is 76.0 Å². The first-order valence-corrected chi connectivity index (χ1v) is 14.4. The Morgan fingerprint density at radius 1 is 0.714 bits per heavy atom. The lowest BCUT2D eigenvalue weighted by atomic mass is 9.82. The number of rotatable bonds is 13. The van der Waals surface area contributed by atoms with Crippen molar-refractivity contribution in [1.29, 1.82) is 0 Å². The Labute approximate surface area is 216 Å². The van der Waals surface area contributed by atoms with Crippen LogP contribution in [0.2, 0.25) is 0 Å². The third kappa shape index (κ3) is 12.8. The van der Waals surface area contributed by atoms with E-state index in [9.17, 15) is 9.59 Å². The average Bonchev–Trinajstić information content (AvgIpc) is 3.58. The van der Waals surface area contributed by atoms with Gasteiger partial charge in [-0.1, -0.05) is 84.3 Å². The Bertz CT molecular complexity index is 622. The van der Waals surface area contributed by atoms with Gasteiger partial charge in [-0.15, -0.1) is 0 Å². The van der Waals surface area contributed by atoms with Crippen LogP contribution in [0.5, 0.6) is 0 Å². The van der Waals surface area contributed by atoms with Crippen molar-refractivity contribution >= 4 is 11.9 Å². The Morgan fingerprint density at radius 2 is 1.17 bits per heavy atom. The van der Waals surface area contributed by atoms with E-state index in [-0.39, 0.29) is 11.9 Å². The van der Waals surface area contributed by atoms with E-state index >= 15 is 0 Å². The molecule has 4 nitrogen and oxygen atoms in total. The predicted molar refractivity (Wildman–Crippen MR) is 146 cm³/mol.